The third kappa shape index (κ3) is 3.13. The molecule has 0 spiro atoms. The molecule has 22 heavy (non-hydrogen) atoms. The van der Waals surface area contributed by atoms with E-state index in [2.05, 4.69) is 4.72 Å². The first-order valence-electron chi connectivity index (χ1n) is 7.32. The van der Waals surface area contributed by atoms with Crippen LogP contribution in [-0.4, -0.2) is 38.9 Å². The minimum atomic E-state index is -3.67. The predicted molar refractivity (Wildman–Crippen MR) is 85.0 cm³/mol. The van der Waals surface area contributed by atoms with Crippen LogP contribution in [0, 0.1) is 0 Å². The van der Waals surface area contributed by atoms with E-state index in [9.17, 15) is 13.2 Å². The minimum absolute atomic E-state index is 0.165. The molecule has 1 aliphatic heterocycles. The van der Waals surface area contributed by atoms with Crippen molar-refractivity contribution in [2.45, 2.75) is 17.7 Å². The molecule has 1 amide bonds. The Bertz CT molecular complexity index is 796. The summed E-state index contributed by atoms with van der Waals surface area (Å²) in [5, 5.41) is 1.84. The highest BCUT2D eigenvalue weighted by Gasteiger charge is 2.21. The van der Waals surface area contributed by atoms with Gasteiger partial charge in [-0.1, -0.05) is 30.3 Å². The average Bonchev–Trinajstić information content (AvgIpc) is 3.07. The normalized spacial score (nSPS) is 15.4. The van der Waals surface area contributed by atoms with Crippen molar-refractivity contribution in [1.82, 2.24) is 9.62 Å². The van der Waals surface area contributed by atoms with Crippen LogP contribution in [0.2, 0.25) is 0 Å². The summed E-state index contributed by atoms with van der Waals surface area (Å²) in [5.74, 6) is -0.165. The van der Waals surface area contributed by atoms with Gasteiger partial charge in [-0.15, -0.1) is 0 Å². The number of benzene rings is 2. The predicted octanol–water partition coefficient (Wildman–Crippen LogP) is 1.74. The van der Waals surface area contributed by atoms with Gasteiger partial charge in [-0.25, -0.2) is 13.1 Å². The lowest BCUT2D eigenvalue weighted by Gasteiger charge is -2.15. The van der Waals surface area contributed by atoms with Crippen molar-refractivity contribution < 1.29 is 13.2 Å². The molecule has 0 radical (unpaired) electrons. The van der Waals surface area contributed by atoms with Crippen LogP contribution in [0.15, 0.2) is 47.4 Å². The average molecular weight is 318 g/mol. The third-order valence-corrected chi connectivity index (χ3v) is 5.30. The second-order valence-corrected chi connectivity index (χ2v) is 7.19. The zero-order valence-corrected chi connectivity index (χ0v) is 13.0. The Morgan fingerprint density at radius 2 is 1.73 bits per heavy atom. The molecule has 0 aliphatic carbocycles. The molecule has 0 saturated carbocycles. The third-order valence-electron chi connectivity index (χ3n) is 3.90. The molecular formula is C16H18N2O3S. The lowest BCUT2D eigenvalue weighted by Crippen LogP contribution is -2.38. The number of sulfonamides is 1. The lowest BCUT2D eigenvalue weighted by atomic mass is 10.1. The molecule has 0 atom stereocenters. The molecule has 1 N–H and O–H groups in total. The SMILES string of the molecule is O=C(CNS(=O)(=O)c1ccc2ccccc2c1)N1CCCC1. The van der Waals surface area contributed by atoms with Gasteiger partial charge in [0.1, 0.15) is 0 Å². The number of fused-ring (bicyclic) bond motifs is 1. The van der Waals surface area contributed by atoms with Crippen LogP contribution in [0.5, 0.6) is 0 Å². The number of nitrogens with one attached hydrogen (secondary N) is 1. The number of rotatable bonds is 4. The molecule has 5 nitrogen and oxygen atoms in total. The number of carbonyl (C=O) groups excluding carboxylic acids is 1. The van der Waals surface area contributed by atoms with Gasteiger partial charge in [0, 0.05) is 13.1 Å². The molecule has 116 valence electrons. The summed E-state index contributed by atoms with van der Waals surface area (Å²) in [7, 11) is -3.67. The van der Waals surface area contributed by atoms with Gasteiger partial charge in [0.2, 0.25) is 15.9 Å². The Balaban J connectivity index is 1.74. The van der Waals surface area contributed by atoms with Crippen LogP contribution in [0.3, 0.4) is 0 Å². The molecule has 1 fully saturated rings. The van der Waals surface area contributed by atoms with Crippen molar-refractivity contribution in [2.75, 3.05) is 19.6 Å². The Morgan fingerprint density at radius 3 is 2.45 bits per heavy atom. The topological polar surface area (TPSA) is 66.5 Å². The molecule has 0 bridgehead atoms. The van der Waals surface area contributed by atoms with E-state index in [4.69, 9.17) is 0 Å². The number of hydrogen-bond acceptors (Lipinski definition) is 3. The second kappa shape index (κ2) is 6.06. The Labute approximate surface area is 130 Å². The van der Waals surface area contributed by atoms with Crippen LogP contribution in [0.4, 0.5) is 0 Å². The fourth-order valence-corrected chi connectivity index (χ4v) is 3.66. The van der Waals surface area contributed by atoms with Crippen molar-refractivity contribution in [3.8, 4) is 0 Å². The van der Waals surface area contributed by atoms with E-state index in [1.54, 1.807) is 23.1 Å². The van der Waals surface area contributed by atoms with Gasteiger partial charge in [-0.2, -0.15) is 0 Å². The highest BCUT2D eigenvalue weighted by molar-refractivity contribution is 7.89. The standard InChI is InChI=1S/C16H18N2O3S/c19-16(18-9-3-4-10-18)12-17-22(20,21)15-8-7-13-5-1-2-6-14(13)11-15/h1-2,5-8,11,17H,3-4,9-10,12H2. The summed E-state index contributed by atoms with van der Waals surface area (Å²) in [6, 6.07) is 12.5. The smallest absolute Gasteiger partial charge is 0.241 e. The van der Waals surface area contributed by atoms with Crippen molar-refractivity contribution in [1.29, 1.82) is 0 Å². The molecular weight excluding hydrogens is 300 g/mol. The van der Waals surface area contributed by atoms with Gasteiger partial charge in [-0.05, 0) is 35.7 Å². The molecule has 3 rings (SSSR count). The molecule has 0 aromatic heterocycles. The van der Waals surface area contributed by atoms with E-state index in [0.717, 1.165) is 36.7 Å². The van der Waals surface area contributed by atoms with E-state index in [1.165, 1.54) is 0 Å². The second-order valence-electron chi connectivity index (χ2n) is 5.42. The number of amides is 1. The molecule has 1 saturated heterocycles. The van der Waals surface area contributed by atoms with Crippen molar-refractivity contribution in [2.24, 2.45) is 0 Å². The molecule has 0 unspecified atom stereocenters. The largest absolute Gasteiger partial charge is 0.342 e. The van der Waals surface area contributed by atoms with Crippen LogP contribution in [0.1, 0.15) is 12.8 Å². The summed E-state index contributed by atoms with van der Waals surface area (Å²) in [5.41, 5.74) is 0. The summed E-state index contributed by atoms with van der Waals surface area (Å²) in [6.45, 7) is 1.25. The first-order valence-corrected chi connectivity index (χ1v) is 8.81. The van der Waals surface area contributed by atoms with Crippen molar-refractivity contribution >= 4 is 26.7 Å². The van der Waals surface area contributed by atoms with Gasteiger partial charge in [0.15, 0.2) is 0 Å². The van der Waals surface area contributed by atoms with E-state index in [0.29, 0.717) is 0 Å². The Morgan fingerprint density at radius 1 is 1.05 bits per heavy atom. The maximum Gasteiger partial charge on any atom is 0.241 e. The fraction of sp³-hybridized carbons (Fsp3) is 0.312. The Hall–Kier alpha value is -1.92. The highest BCUT2D eigenvalue weighted by atomic mass is 32.2. The maximum absolute atomic E-state index is 12.3. The molecule has 1 heterocycles. The zero-order valence-electron chi connectivity index (χ0n) is 12.2. The highest BCUT2D eigenvalue weighted by Crippen LogP contribution is 2.18. The number of nitrogens with zero attached hydrogens (tertiary/aromatic N) is 1. The molecule has 2 aromatic rings. The van der Waals surface area contributed by atoms with E-state index in [-0.39, 0.29) is 17.3 Å². The minimum Gasteiger partial charge on any atom is -0.342 e. The molecule has 2 aromatic carbocycles. The molecule has 6 heteroatoms. The number of carbonyl (C=O) groups is 1. The first kappa shape index (κ1) is 15.0. The van der Waals surface area contributed by atoms with Crippen LogP contribution in [0.25, 0.3) is 10.8 Å². The van der Waals surface area contributed by atoms with Gasteiger partial charge in [0.25, 0.3) is 0 Å². The van der Waals surface area contributed by atoms with E-state index in [1.807, 2.05) is 24.3 Å². The summed E-state index contributed by atoms with van der Waals surface area (Å²) >= 11 is 0. The van der Waals surface area contributed by atoms with E-state index < -0.39 is 10.0 Å². The van der Waals surface area contributed by atoms with Crippen molar-refractivity contribution in [3.63, 3.8) is 0 Å². The van der Waals surface area contributed by atoms with Crippen LogP contribution in [-0.2, 0) is 14.8 Å². The maximum atomic E-state index is 12.3. The monoisotopic (exact) mass is 318 g/mol. The van der Waals surface area contributed by atoms with Gasteiger partial charge >= 0.3 is 0 Å². The summed E-state index contributed by atoms with van der Waals surface area (Å²) in [6.07, 6.45) is 1.98. The molecule has 1 aliphatic rings. The van der Waals surface area contributed by atoms with Crippen LogP contribution < -0.4 is 4.72 Å². The van der Waals surface area contributed by atoms with Gasteiger partial charge < -0.3 is 4.90 Å². The number of hydrogen-bond donors (Lipinski definition) is 1. The quantitative estimate of drug-likeness (QED) is 0.934. The zero-order chi connectivity index (χ0) is 15.6. The fourth-order valence-electron chi connectivity index (χ4n) is 2.65. The number of likely N-dealkylation sites (tertiary alicyclic amines) is 1. The van der Waals surface area contributed by atoms with Gasteiger partial charge in [0.05, 0.1) is 11.4 Å². The Kier molecular flexibility index (Phi) is 4.13. The summed E-state index contributed by atoms with van der Waals surface area (Å²) < 4.78 is 27.0. The lowest BCUT2D eigenvalue weighted by molar-refractivity contribution is -0.128. The first-order chi connectivity index (χ1) is 10.6. The van der Waals surface area contributed by atoms with Crippen molar-refractivity contribution in [3.05, 3.63) is 42.5 Å². The summed E-state index contributed by atoms with van der Waals surface area (Å²) in [4.78, 5) is 13.8. The van der Waals surface area contributed by atoms with Crippen LogP contribution >= 0.6 is 0 Å². The van der Waals surface area contributed by atoms with Gasteiger partial charge in [-0.3, -0.25) is 4.79 Å². The van der Waals surface area contributed by atoms with E-state index >= 15 is 0 Å².